The number of methoxy groups -OCH3 is 1. The molecule has 2 atom stereocenters. The number of anilines is 4. The maximum Gasteiger partial charge on any atom is 0.416 e. The lowest BCUT2D eigenvalue weighted by molar-refractivity contribution is -0.138. The predicted molar refractivity (Wildman–Crippen MR) is 193 cm³/mol. The van der Waals surface area contributed by atoms with Crippen molar-refractivity contribution in [2.75, 3.05) is 41.5 Å². The summed E-state index contributed by atoms with van der Waals surface area (Å²) in [6, 6.07) is 11.8. The zero-order valence-corrected chi connectivity index (χ0v) is 28.8. The minimum atomic E-state index is -4.53. The van der Waals surface area contributed by atoms with Crippen molar-refractivity contribution >= 4 is 56.4 Å². The van der Waals surface area contributed by atoms with E-state index in [1.807, 2.05) is 24.3 Å². The van der Waals surface area contributed by atoms with Crippen molar-refractivity contribution in [3.63, 3.8) is 0 Å². The van der Waals surface area contributed by atoms with Crippen molar-refractivity contribution in [2.45, 2.75) is 63.8 Å². The Labute approximate surface area is 297 Å². The number of hydrogen-bond donors (Lipinski definition) is 5. The van der Waals surface area contributed by atoms with Gasteiger partial charge in [-0.15, -0.1) is 0 Å². The maximum atomic E-state index is 13.5. The summed E-state index contributed by atoms with van der Waals surface area (Å²) in [5.74, 6) is 0.814. The number of nitrogens with one attached hydrogen (secondary N) is 3. The Balaban J connectivity index is 1.09. The molecule has 0 saturated carbocycles. The third-order valence-electron chi connectivity index (χ3n) is 9.87. The van der Waals surface area contributed by atoms with E-state index in [4.69, 9.17) is 10.5 Å². The van der Waals surface area contributed by atoms with Crippen LogP contribution in [0.1, 0.15) is 61.6 Å². The van der Waals surface area contributed by atoms with E-state index < -0.39 is 29.7 Å². The first-order valence-electron chi connectivity index (χ1n) is 17.1. The molecule has 52 heavy (non-hydrogen) atoms. The van der Waals surface area contributed by atoms with E-state index in [0.29, 0.717) is 58.8 Å². The molecule has 2 aliphatic heterocycles. The number of piperidine rings is 2. The molecule has 2 saturated heterocycles. The number of aromatic nitrogens is 3. The molecule has 3 aromatic carbocycles. The smallest absolute Gasteiger partial charge is 0.416 e. The summed E-state index contributed by atoms with van der Waals surface area (Å²) in [7, 11) is 1.59. The fourth-order valence-electron chi connectivity index (χ4n) is 7.19. The van der Waals surface area contributed by atoms with Crippen LogP contribution in [0, 0.1) is 6.92 Å². The van der Waals surface area contributed by atoms with Crippen molar-refractivity contribution in [1.82, 2.24) is 19.9 Å². The molecule has 2 amide bonds. The number of aromatic hydroxyl groups is 1. The van der Waals surface area contributed by atoms with Gasteiger partial charge in [0.25, 0.3) is 0 Å². The molecule has 1 unspecified atom stereocenters. The second kappa shape index (κ2) is 13.4. The van der Waals surface area contributed by atoms with Crippen LogP contribution in [0.3, 0.4) is 0 Å². The molecule has 7 rings (SSSR count). The van der Waals surface area contributed by atoms with Gasteiger partial charge in [0.2, 0.25) is 11.8 Å². The molecular weight excluding hydrogens is 677 g/mol. The number of alkyl halides is 3. The van der Waals surface area contributed by atoms with E-state index in [1.165, 1.54) is 6.07 Å². The zero-order chi connectivity index (χ0) is 36.9. The number of aryl methyl sites for hydroxylation is 1. The van der Waals surface area contributed by atoms with Gasteiger partial charge in [0, 0.05) is 59.3 Å². The number of fused-ring (bicyclic) bond motifs is 2. The normalized spacial score (nSPS) is 17.7. The fourth-order valence-corrected chi connectivity index (χ4v) is 7.19. The molecule has 0 aliphatic carbocycles. The van der Waals surface area contributed by atoms with Crippen molar-refractivity contribution in [1.29, 1.82) is 0 Å². The lowest BCUT2D eigenvalue weighted by atomic mass is 10.0. The average Bonchev–Trinajstić information content (AvgIpc) is 3.44. The lowest BCUT2D eigenvalue weighted by Gasteiger charge is -2.35. The molecule has 6 N–H and O–H groups in total. The summed E-state index contributed by atoms with van der Waals surface area (Å²) in [5, 5.41) is 22.3. The quantitative estimate of drug-likeness (QED) is 0.0894. The van der Waals surface area contributed by atoms with Crippen molar-refractivity contribution in [3.8, 4) is 11.6 Å². The first-order valence-corrected chi connectivity index (χ1v) is 17.1. The molecule has 2 aromatic heterocycles. The Hall–Kier alpha value is -5.73. The minimum absolute atomic E-state index is 0.0152. The molecule has 4 heterocycles. The van der Waals surface area contributed by atoms with Gasteiger partial charge in [0.15, 0.2) is 5.88 Å². The minimum Gasteiger partial charge on any atom is -0.495 e. The molecule has 0 spiro atoms. The van der Waals surface area contributed by atoms with Gasteiger partial charge in [-0.2, -0.15) is 13.2 Å². The van der Waals surface area contributed by atoms with Crippen LogP contribution in [0.25, 0.3) is 21.7 Å². The van der Waals surface area contributed by atoms with Crippen LogP contribution in [0.4, 0.5) is 36.1 Å². The largest absolute Gasteiger partial charge is 0.495 e. The van der Waals surface area contributed by atoms with Crippen molar-refractivity contribution in [3.05, 3.63) is 71.7 Å². The number of nitrogens with zero attached hydrogens (tertiary/aromatic N) is 4. The first-order chi connectivity index (χ1) is 24.8. The van der Waals surface area contributed by atoms with Crippen molar-refractivity contribution in [2.24, 2.45) is 0 Å². The topological polar surface area (TPSA) is 160 Å². The van der Waals surface area contributed by atoms with Gasteiger partial charge < -0.3 is 35.7 Å². The van der Waals surface area contributed by atoms with Gasteiger partial charge in [-0.3, -0.25) is 14.9 Å². The third-order valence-corrected chi connectivity index (χ3v) is 9.87. The number of carbonyl (C=O) groups excluding carboxylic acids is 2. The Morgan fingerprint density at radius 1 is 1.04 bits per heavy atom. The molecule has 272 valence electrons. The summed E-state index contributed by atoms with van der Waals surface area (Å²) in [6.07, 6.45) is -0.642. The van der Waals surface area contributed by atoms with Gasteiger partial charge in [0.1, 0.15) is 23.4 Å². The van der Waals surface area contributed by atoms with E-state index in [0.717, 1.165) is 41.7 Å². The number of nitrogen functional groups attached to an aromatic ring is 1. The SMILES string of the molecule is COc1cc2c(N[C@H](C)c3cc(N)cc(C(F)(F)F)c3)nc(C)nc2cc1N1CCC(Nc2cccc3c(O)n(C4CCC(=O)NC4=O)cc23)CC1. The molecule has 2 aliphatic rings. The highest BCUT2D eigenvalue weighted by Crippen LogP contribution is 2.40. The molecule has 15 heteroatoms. The van der Waals surface area contributed by atoms with E-state index >= 15 is 0 Å². The van der Waals surface area contributed by atoms with Gasteiger partial charge in [0.05, 0.1) is 29.9 Å². The predicted octanol–water partition coefficient (Wildman–Crippen LogP) is 6.44. The van der Waals surface area contributed by atoms with E-state index in [1.54, 1.807) is 37.8 Å². The molecule has 2 fully saturated rings. The van der Waals surface area contributed by atoms with Gasteiger partial charge in [-0.05, 0) is 81.1 Å². The summed E-state index contributed by atoms with van der Waals surface area (Å²) in [5.41, 5.74) is 7.77. The molecular formula is C37H39F3N8O4. The Bertz CT molecular complexity index is 2200. The average molecular weight is 717 g/mol. The summed E-state index contributed by atoms with van der Waals surface area (Å²) >= 11 is 0. The zero-order valence-electron chi connectivity index (χ0n) is 28.8. The highest BCUT2D eigenvalue weighted by Gasteiger charge is 2.32. The summed E-state index contributed by atoms with van der Waals surface area (Å²) < 4.78 is 47.9. The van der Waals surface area contributed by atoms with E-state index in [-0.39, 0.29) is 29.9 Å². The Morgan fingerprint density at radius 2 is 1.81 bits per heavy atom. The van der Waals surface area contributed by atoms with Crippen LogP contribution >= 0.6 is 0 Å². The second-order valence-corrected chi connectivity index (χ2v) is 13.4. The number of hydrogen-bond acceptors (Lipinski definition) is 10. The summed E-state index contributed by atoms with van der Waals surface area (Å²) in [6.45, 7) is 4.93. The van der Waals surface area contributed by atoms with Crippen LogP contribution in [-0.2, 0) is 15.8 Å². The van der Waals surface area contributed by atoms with Gasteiger partial charge in [-0.25, -0.2) is 9.97 Å². The molecule has 12 nitrogen and oxygen atoms in total. The standard InChI is InChI=1S/C37H39F3N8O4/c1-19(21-13-22(37(38,39)40)15-23(41)14-21)42-34-26-16-32(52-3)31(17-29(26)43-20(2)44-34)47-11-9-24(10-12-47)45-28-6-4-5-25-27(28)18-48(36(25)51)30-7-8-33(49)46-35(30)50/h4-6,13-19,24,30,45,51H,7-12,41H2,1-3H3,(H,42,43,44)(H,46,49,50)/t19-,30?/m1/s1. The first kappa shape index (κ1) is 34.7. The van der Waals surface area contributed by atoms with Crippen LogP contribution in [0.2, 0.25) is 0 Å². The maximum absolute atomic E-state index is 13.5. The number of amides is 2. The second-order valence-electron chi connectivity index (χ2n) is 13.4. The van der Waals surface area contributed by atoms with Crippen LogP contribution in [-0.4, -0.2) is 57.7 Å². The highest BCUT2D eigenvalue weighted by molar-refractivity contribution is 6.02. The van der Waals surface area contributed by atoms with Crippen molar-refractivity contribution < 1.29 is 32.6 Å². The summed E-state index contributed by atoms with van der Waals surface area (Å²) in [4.78, 5) is 35.7. The molecule has 0 radical (unpaired) electrons. The number of benzene rings is 3. The number of carbonyl (C=O) groups is 2. The lowest BCUT2D eigenvalue weighted by Crippen LogP contribution is -2.41. The number of nitrogens with two attached hydrogens (primary N) is 1. The fraction of sp³-hybridized carbons (Fsp3) is 0.351. The van der Waals surface area contributed by atoms with Crippen LogP contribution in [0.5, 0.6) is 11.6 Å². The third kappa shape index (κ3) is 6.69. The number of halogens is 3. The highest BCUT2D eigenvalue weighted by atomic mass is 19.4. The molecule has 5 aromatic rings. The van der Waals surface area contributed by atoms with E-state index in [9.17, 15) is 27.9 Å². The van der Waals surface area contributed by atoms with Gasteiger partial charge >= 0.3 is 6.18 Å². The van der Waals surface area contributed by atoms with E-state index in [2.05, 4.69) is 30.8 Å². The monoisotopic (exact) mass is 716 g/mol. The van der Waals surface area contributed by atoms with Crippen LogP contribution < -0.4 is 31.3 Å². The van der Waals surface area contributed by atoms with Crippen LogP contribution in [0.15, 0.2) is 54.7 Å². The number of ether oxygens (including phenoxy) is 1. The Kier molecular flexibility index (Phi) is 8.97. The number of rotatable bonds is 8. The number of imide groups is 1. The molecule has 0 bridgehead atoms. The van der Waals surface area contributed by atoms with Gasteiger partial charge in [-0.1, -0.05) is 6.07 Å². The Morgan fingerprint density at radius 3 is 2.52 bits per heavy atom.